The van der Waals surface area contributed by atoms with Crippen molar-refractivity contribution in [3.63, 3.8) is 0 Å². The predicted molar refractivity (Wildman–Crippen MR) is 73.2 cm³/mol. The van der Waals surface area contributed by atoms with E-state index >= 15 is 0 Å². The maximum absolute atomic E-state index is 5.71. The molecule has 90 valence electrons. The van der Waals surface area contributed by atoms with E-state index in [-0.39, 0.29) is 0 Å². The summed E-state index contributed by atoms with van der Waals surface area (Å²) in [4.78, 5) is 3.36. The van der Waals surface area contributed by atoms with Gasteiger partial charge in [0.15, 0.2) is 0 Å². The van der Waals surface area contributed by atoms with Crippen molar-refractivity contribution in [1.29, 1.82) is 0 Å². The van der Waals surface area contributed by atoms with Crippen LogP contribution in [0.2, 0.25) is 0 Å². The van der Waals surface area contributed by atoms with E-state index in [2.05, 4.69) is 27.3 Å². The Morgan fingerprint density at radius 1 is 1.11 bits per heavy atom. The second-order valence-corrected chi connectivity index (χ2v) is 4.47. The lowest BCUT2D eigenvalue weighted by Crippen LogP contribution is -1.98. The minimum atomic E-state index is 0.483. The van der Waals surface area contributed by atoms with Gasteiger partial charge in [0, 0.05) is 22.2 Å². The monoisotopic (exact) mass is 238 g/mol. The van der Waals surface area contributed by atoms with Gasteiger partial charge in [-0.1, -0.05) is 18.2 Å². The highest BCUT2D eigenvalue weighted by Crippen LogP contribution is 2.31. The average molecular weight is 238 g/mol. The van der Waals surface area contributed by atoms with Crippen molar-refractivity contribution < 1.29 is 0 Å². The Morgan fingerprint density at radius 2 is 1.89 bits per heavy atom. The lowest BCUT2D eigenvalue weighted by Gasteiger charge is -2.03. The molecule has 0 unspecified atom stereocenters. The molecule has 0 atom stereocenters. The zero-order chi connectivity index (χ0) is 12.7. The number of anilines is 1. The number of benzene rings is 1. The largest absolute Gasteiger partial charge is 0.382 e. The molecule has 0 aliphatic rings. The predicted octanol–water partition coefficient (Wildman–Crippen LogP) is 2.82. The molecule has 4 heteroatoms. The number of nitrogens with two attached hydrogens (primary N) is 1. The average Bonchev–Trinajstić information content (AvgIpc) is 2.69. The molecule has 0 radical (unpaired) electrons. The van der Waals surface area contributed by atoms with Crippen LogP contribution in [0.1, 0.15) is 11.3 Å². The number of nitrogen functional groups attached to an aromatic ring is 1. The molecule has 3 rings (SSSR count). The lowest BCUT2D eigenvalue weighted by atomic mass is 10.1. The highest BCUT2D eigenvalue weighted by atomic mass is 15.1. The first kappa shape index (κ1) is 10.8. The molecule has 3 aromatic rings. The van der Waals surface area contributed by atoms with Crippen molar-refractivity contribution in [2.45, 2.75) is 13.8 Å². The first-order valence-electron chi connectivity index (χ1n) is 5.84. The Hall–Kier alpha value is -2.36. The molecular formula is C14H14N4. The summed E-state index contributed by atoms with van der Waals surface area (Å²) in [5.41, 5.74) is 10.8. The fraction of sp³-hybridized carbons (Fsp3) is 0.143. The van der Waals surface area contributed by atoms with Crippen LogP contribution in [0.15, 0.2) is 30.3 Å². The van der Waals surface area contributed by atoms with E-state index in [0.717, 1.165) is 33.4 Å². The topological polar surface area (TPSA) is 67.6 Å². The maximum atomic E-state index is 5.71. The molecule has 18 heavy (non-hydrogen) atoms. The number of rotatable bonds is 1. The fourth-order valence-electron chi connectivity index (χ4n) is 2.22. The van der Waals surface area contributed by atoms with Crippen LogP contribution in [-0.4, -0.2) is 15.2 Å². The first-order valence-corrected chi connectivity index (χ1v) is 5.84. The van der Waals surface area contributed by atoms with Gasteiger partial charge in [-0.05, 0) is 31.5 Å². The summed E-state index contributed by atoms with van der Waals surface area (Å²) in [5.74, 6) is 0.483. The standard InChI is InChI=1S/C14H14N4/c1-8-7-12(17-18-14(8)15)13-9(2)16-11-6-4-3-5-10(11)13/h3-7,16H,1-2H3,(H2,15,18). The minimum absolute atomic E-state index is 0.483. The number of fused-ring (bicyclic) bond motifs is 1. The van der Waals surface area contributed by atoms with Gasteiger partial charge in [0.2, 0.25) is 0 Å². The van der Waals surface area contributed by atoms with Crippen molar-refractivity contribution in [2.75, 3.05) is 5.73 Å². The third-order valence-electron chi connectivity index (χ3n) is 3.17. The number of H-pyrrole nitrogens is 1. The van der Waals surface area contributed by atoms with Crippen LogP contribution < -0.4 is 5.73 Å². The molecule has 0 saturated carbocycles. The summed E-state index contributed by atoms with van der Waals surface area (Å²) in [5, 5.41) is 9.35. The van der Waals surface area contributed by atoms with E-state index in [4.69, 9.17) is 5.73 Å². The molecule has 0 aliphatic carbocycles. The Balaban J connectivity index is 2.30. The molecule has 3 N–H and O–H groups in total. The number of aryl methyl sites for hydroxylation is 2. The van der Waals surface area contributed by atoms with Gasteiger partial charge >= 0.3 is 0 Å². The Bertz CT molecular complexity index is 728. The van der Waals surface area contributed by atoms with Gasteiger partial charge in [-0.2, -0.15) is 0 Å². The SMILES string of the molecule is Cc1cc(-c2c(C)[nH]c3ccccc23)nnc1N. The van der Waals surface area contributed by atoms with E-state index in [9.17, 15) is 0 Å². The first-order chi connectivity index (χ1) is 8.66. The maximum Gasteiger partial charge on any atom is 0.149 e. The van der Waals surface area contributed by atoms with Crippen molar-refractivity contribution in [3.05, 3.63) is 41.6 Å². The number of aromatic amines is 1. The third kappa shape index (κ3) is 1.54. The Kier molecular flexibility index (Phi) is 2.30. The van der Waals surface area contributed by atoms with Gasteiger partial charge < -0.3 is 10.7 Å². The number of hydrogen-bond acceptors (Lipinski definition) is 3. The zero-order valence-corrected chi connectivity index (χ0v) is 10.4. The van der Waals surface area contributed by atoms with E-state index in [1.165, 1.54) is 0 Å². The number of hydrogen-bond donors (Lipinski definition) is 2. The van der Waals surface area contributed by atoms with Gasteiger partial charge in [-0.3, -0.25) is 0 Å². The number of nitrogens with one attached hydrogen (secondary N) is 1. The van der Waals surface area contributed by atoms with E-state index in [0.29, 0.717) is 5.82 Å². The molecular weight excluding hydrogens is 224 g/mol. The molecule has 0 fully saturated rings. The van der Waals surface area contributed by atoms with Crippen molar-refractivity contribution in [1.82, 2.24) is 15.2 Å². The quantitative estimate of drug-likeness (QED) is 0.685. The molecule has 0 aliphatic heterocycles. The highest BCUT2D eigenvalue weighted by molar-refractivity contribution is 5.96. The summed E-state index contributed by atoms with van der Waals surface area (Å²) in [7, 11) is 0. The highest BCUT2D eigenvalue weighted by Gasteiger charge is 2.12. The second kappa shape index (κ2) is 3.84. The summed E-state index contributed by atoms with van der Waals surface area (Å²) in [6.45, 7) is 3.99. The molecule has 0 amide bonds. The van der Waals surface area contributed by atoms with Gasteiger partial charge in [0.25, 0.3) is 0 Å². The lowest BCUT2D eigenvalue weighted by molar-refractivity contribution is 1.03. The second-order valence-electron chi connectivity index (χ2n) is 4.47. The van der Waals surface area contributed by atoms with E-state index in [1.807, 2.05) is 32.0 Å². The van der Waals surface area contributed by atoms with Crippen LogP contribution in [-0.2, 0) is 0 Å². The normalized spacial score (nSPS) is 11.0. The summed E-state index contributed by atoms with van der Waals surface area (Å²) in [6, 6.07) is 10.2. The van der Waals surface area contributed by atoms with Gasteiger partial charge in [0.05, 0.1) is 5.69 Å². The summed E-state index contributed by atoms with van der Waals surface area (Å²) < 4.78 is 0. The fourth-order valence-corrected chi connectivity index (χ4v) is 2.22. The van der Waals surface area contributed by atoms with E-state index in [1.54, 1.807) is 0 Å². The van der Waals surface area contributed by atoms with Crippen molar-refractivity contribution in [3.8, 4) is 11.3 Å². The Morgan fingerprint density at radius 3 is 2.67 bits per heavy atom. The van der Waals surface area contributed by atoms with Crippen molar-refractivity contribution >= 4 is 16.7 Å². The minimum Gasteiger partial charge on any atom is -0.382 e. The number of aromatic nitrogens is 3. The third-order valence-corrected chi connectivity index (χ3v) is 3.17. The van der Waals surface area contributed by atoms with Gasteiger partial charge in [-0.25, -0.2) is 0 Å². The molecule has 2 heterocycles. The molecule has 1 aromatic carbocycles. The van der Waals surface area contributed by atoms with Crippen LogP contribution in [0, 0.1) is 13.8 Å². The van der Waals surface area contributed by atoms with Crippen LogP contribution in [0.3, 0.4) is 0 Å². The van der Waals surface area contributed by atoms with Gasteiger partial charge in [0.1, 0.15) is 5.82 Å². The van der Waals surface area contributed by atoms with Gasteiger partial charge in [-0.15, -0.1) is 10.2 Å². The van der Waals surface area contributed by atoms with Crippen LogP contribution in [0.5, 0.6) is 0 Å². The van der Waals surface area contributed by atoms with E-state index < -0.39 is 0 Å². The number of nitrogens with zero attached hydrogens (tertiary/aromatic N) is 2. The molecule has 0 bridgehead atoms. The Labute approximate surface area is 105 Å². The van der Waals surface area contributed by atoms with Crippen LogP contribution in [0.4, 0.5) is 5.82 Å². The molecule has 0 saturated heterocycles. The number of para-hydroxylation sites is 1. The van der Waals surface area contributed by atoms with Crippen LogP contribution >= 0.6 is 0 Å². The van der Waals surface area contributed by atoms with Crippen molar-refractivity contribution in [2.24, 2.45) is 0 Å². The molecule has 4 nitrogen and oxygen atoms in total. The smallest absolute Gasteiger partial charge is 0.149 e. The molecule has 0 spiro atoms. The van der Waals surface area contributed by atoms with Crippen LogP contribution in [0.25, 0.3) is 22.2 Å². The molecule has 2 aromatic heterocycles. The summed E-state index contributed by atoms with van der Waals surface area (Å²) in [6.07, 6.45) is 0. The zero-order valence-electron chi connectivity index (χ0n) is 10.4. The summed E-state index contributed by atoms with van der Waals surface area (Å²) >= 11 is 0.